The molecule has 0 heterocycles. The van der Waals surface area contributed by atoms with Crippen LogP contribution in [0.15, 0.2) is 54.6 Å². The molecule has 0 aliphatic carbocycles. The molecule has 4 nitrogen and oxygen atoms in total. The average Bonchev–Trinajstić information content (AvgIpc) is 2.61. The van der Waals surface area contributed by atoms with Crippen LogP contribution in [0.4, 0.5) is 0 Å². The molecule has 0 N–H and O–H groups in total. The molecule has 0 saturated carbocycles. The zero-order valence-corrected chi connectivity index (χ0v) is 14.2. The number of esters is 1. The Morgan fingerprint density at radius 2 is 1.62 bits per heavy atom. The van der Waals surface area contributed by atoms with E-state index in [-0.39, 0.29) is 5.97 Å². The third kappa shape index (κ3) is 5.16. The molecule has 0 unspecified atom stereocenters. The Kier molecular flexibility index (Phi) is 6.43. The molecule has 2 aromatic rings. The number of hydrogen-bond acceptors (Lipinski definition) is 4. The van der Waals surface area contributed by atoms with Crippen LogP contribution in [0.3, 0.4) is 0 Å². The summed E-state index contributed by atoms with van der Waals surface area (Å²) in [5, 5.41) is 0. The van der Waals surface area contributed by atoms with E-state index < -0.39 is 0 Å². The fourth-order valence-electron chi connectivity index (χ4n) is 2.15. The monoisotopic (exact) mass is 326 g/mol. The fourth-order valence-corrected chi connectivity index (χ4v) is 2.15. The van der Waals surface area contributed by atoms with Crippen molar-refractivity contribution in [3.05, 3.63) is 65.7 Å². The summed E-state index contributed by atoms with van der Waals surface area (Å²) in [5.74, 6) is 1.28. The van der Waals surface area contributed by atoms with E-state index in [9.17, 15) is 4.79 Å². The van der Waals surface area contributed by atoms with Gasteiger partial charge < -0.3 is 14.2 Å². The van der Waals surface area contributed by atoms with Crippen molar-refractivity contribution in [1.29, 1.82) is 0 Å². The highest BCUT2D eigenvalue weighted by atomic mass is 16.5. The summed E-state index contributed by atoms with van der Waals surface area (Å²) < 4.78 is 15.8. The van der Waals surface area contributed by atoms with Crippen molar-refractivity contribution >= 4 is 11.5 Å². The van der Waals surface area contributed by atoms with Crippen LogP contribution in [0.25, 0.3) is 5.57 Å². The van der Waals surface area contributed by atoms with Gasteiger partial charge >= 0.3 is 5.97 Å². The molecule has 2 rings (SSSR count). The van der Waals surface area contributed by atoms with E-state index in [1.54, 1.807) is 14.0 Å². The number of benzene rings is 2. The van der Waals surface area contributed by atoms with E-state index in [0.717, 1.165) is 28.2 Å². The number of hydrogen-bond donors (Lipinski definition) is 0. The van der Waals surface area contributed by atoms with Gasteiger partial charge in [-0.15, -0.1) is 0 Å². The van der Waals surface area contributed by atoms with Crippen LogP contribution in [0, 0.1) is 0 Å². The lowest BCUT2D eigenvalue weighted by Gasteiger charge is -2.08. The van der Waals surface area contributed by atoms with Gasteiger partial charge in [-0.05, 0) is 54.8 Å². The van der Waals surface area contributed by atoms with Crippen LogP contribution < -0.4 is 9.47 Å². The lowest BCUT2D eigenvalue weighted by molar-refractivity contribution is -0.137. The topological polar surface area (TPSA) is 44.8 Å². The number of rotatable bonds is 7. The Morgan fingerprint density at radius 3 is 2.21 bits per heavy atom. The minimum atomic E-state index is -0.324. The molecule has 24 heavy (non-hydrogen) atoms. The van der Waals surface area contributed by atoms with E-state index in [1.807, 2.05) is 55.5 Å². The predicted molar refractivity (Wildman–Crippen MR) is 94.1 cm³/mol. The summed E-state index contributed by atoms with van der Waals surface area (Å²) in [6.07, 6.45) is 1.50. The summed E-state index contributed by atoms with van der Waals surface area (Å²) in [6.45, 7) is 4.53. The maximum atomic E-state index is 11.5. The molecule has 0 fully saturated rings. The number of carbonyl (C=O) groups is 1. The standard InChI is InChI=1S/C20H22O4/c1-4-23-20(21)13-15(2)17-7-11-19(12-8-17)24-14-16-5-9-18(22-3)10-6-16/h5-13H,4,14H2,1-3H3/b15-13+. The molecule has 2 aromatic carbocycles. The summed E-state index contributed by atoms with van der Waals surface area (Å²) >= 11 is 0. The van der Waals surface area contributed by atoms with Crippen LogP contribution in [0.2, 0.25) is 0 Å². The van der Waals surface area contributed by atoms with Crippen molar-refractivity contribution < 1.29 is 19.0 Å². The van der Waals surface area contributed by atoms with Gasteiger partial charge in [0.2, 0.25) is 0 Å². The highest BCUT2D eigenvalue weighted by Crippen LogP contribution is 2.20. The van der Waals surface area contributed by atoms with Crippen LogP contribution in [0.1, 0.15) is 25.0 Å². The molecule has 0 amide bonds. The zero-order valence-electron chi connectivity index (χ0n) is 14.2. The minimum absolute atomic E-state index is 0.324. The van der Waals surface area contributed by atoms with Gasteiger partial charge in [0.15, 0.2) is 0 Å². The highest BCUT2D eigenvalue weighted by molar-refractivity contribution is 5.90. The highest BCUT2D eigenvalue weighted by Gasteiger charge is 2.02. The number of ether oxygens (including phenoxy) is 3. The Morgan fingerprint density at radius 1 is 1.00 bits per heavy atom. The van der Waals surface area contributed by atoms with Gasteiger partial charge in [-0.1, -0.05) is 24.3 Å². The summed E-state index contributed by atoms with van der Waals surface area (Å²) in [4.78, 5) is 11.5. The van der Waals surface area contributed by atoms with Crippen LogP contribution in [-0.4, -0.2) is 19.7 Å². The zero-order chi connectivity index (χ0) is 17.4. The minimum Gasteiger partial charge on any atom is -0.497 e. The van der Waals surface area contributed by atoms with Gasteiger partial charge in [0.05, 0.1) is 13.7 Å². The molecule has 0 atom stereocenters. The van der Waals surface area contributed by atoms with Gasteiger partial charge in [-0.3, -0.25) is 0 Å². The molecule has 0 aromatic heterocycles. The average molecular weight is 326 g/mol. The molecule has 0 spiro atoms. The van der Waals surface area contributed by atoms with Gasteiger partial charge in [-0.2, -0.15) is 0 Å². The maximum Gasteiger partial charge on any atom is 0.331 e. The smallest absolute Gasteiger partial charge is 0.331 e. The third-order valence-corrected chi connectivity index (χ3v) is 3.50. The third-order valence-electron chi connectivity index (χ3n) is 3.50. The van der Waals surface area contributed by atoms with Gasteiger partial charge in [0.1, 0.15) is 18.1 Å². The van der Waals surface area contributed by atoms with Crippen molar-refractivity contribution in [1.82, 2.24) is 0 Å². The van der Waals surface area contributed by atoms with Crippen molar-refractivity contribution in [2.24, 2.45) is 0 Å². The number of methoxy groups -OCH3 is 1. The van der Waals surface area contributed by atoms with Crippen molar-refractivity contribution in [3.8, 4) is 11.5 Å². The molecule has 4 heteroatoms. The van der Waals surface area contributed by atoms with Crippen molar-refractivity contribution in [2.45, 2.75) is 20.5 Å². The Hall–Kier alpha value is -2.75. The number of carbonyl (C=O) groups excluding carboxylic acids is 1. The molecule has 126 valence electrons. The first-order chi connectivity index (χ1) is 11.6. The van der Waals surface area contributed by atoms with E-state index >= 15 is 0 Å². The Balaban J connectivity index is 1.95. The first-order valence-electron chi connectivity index (χ1n) is 7.83. The lowest BCUT2D eigenvalue weighted by atomic mass is 10.1. The second-order valence-corrected chi connectivity index (χ2v) is 5.24. The van der Waals surface area contributed by atoms with Crippen molar-refractivity contribution in [3.63, 3.8) is 0 Å². The molecule has 0 aliphatic heterocycles. The summed E-state index contributed by atoms with van der Waals surface area (Å²) in [5.41, 5.74) is 2.88. The molecule has 0 saturated heterocycles. The maximum absolute atomic E-state index is 11.5. The molecule has 0 radical (unpaired) electrons. The van der Waals surface area contributed by atoms with Gasteiger partial charge in [0, 0.05) is 6.08 Å². The quantitative estimate of drug-likeness (QED) is 0.564. The predicted octanol–water partition coefficient (Wildman–Crippen LogP) is 4.24. The Labute approximate surface area is 142 Å². The summed E-state index contributed by atoms with van der Waals surface area (Å²) in [7, 11) is 1.64. The molecular formula is C20H22O4. The number of allylic oxidation sites excluding steroid dienone is 1. The van der Waals surface area contributed by atoms with Crippen LogP contribution >= 0.6 is 0 Å². The molecular weight excluding hydrogens is 304 g/mol. The van der Waals surface area contributed by atoms with E-state index in [4.69, 9.17) is 14.2 Å². The summed E-state index contributed by atoms with van der Waals surface area (Å²) in [6, 6.07) is 15.4. The van der Waals surface area contributed by atoms with Crippen molar-refractivity contribution in [2.75, 3.05) is 13.7 Å². The molecule has 0 bridgehead atoms. The Bertz CT molecular complexity index is 685. The van der Waals surface area contributed by atoms with E-state index in [1.165, 1.54) is 6.08 Å². The van der Waals surface area contributed by atoms with Crippen LogP contribution in [-0.2, 0) is 16.1 Å². The van der Waals surface area contributed by atoms with Gasteiger partial charge in [0.25, 0.3) is 0 Å². The van der Waals surface area contributed by atoms with E-state index in [2.05, 4.69) is 0 Å². The van der Waals surface area contributed by atoms with Gasteiger partial charge in [-0.25, -0.2) is 4.79 Å². The SMILES string of the molecule is CCOC(=O)/C=C(\C)c1ccc(OCc2ccc(OC)cc2)cc1. The molecule has 0 aliphatic rings. The second kappa shape index (κ2) is 8.77. The normalized spacial score (nSPS) is 11.0. The van der Waals surface area contributed by atoms with Crippen LogP contribution in [0.5, 0.6) is 11.5 Å². The first kappa shape index (κ1) is 17.6. The largest absolute Gasteiger partial charge is 0.497 e. The lowest BCUT2D eigenvalue weighted by Crippen LogP contribution is -2.00. The first-order valence-corrected chi connectivity index (χ1v) is 7.83. The van der Waals surface area contributed by atoms with E-state index in [0.29, 0.717) is 13.2 Å². The fraction of sp³-hybridized carbons (Fsp3) is 0.250. The second-order valence-electron chi connectivity index (χ2n) is 5.24.